The second kappa shape index (κ2) is 9.13. The number of hydrogen-bond donors (Lipinski definition) is 1. The standard InChI is InChI=1S/C21H25N5O3.ClH/c1-27-15-6-4-5-14(11-15)25-7-9-26(10-8-25)21-23-17-13-19(29-3)18(28-2)12-16(17)20(22)24-21;/h4-6,11-13H,7-10H2,1-3H3,(H2,22,23,24);1H. The summed E-state index contributed by atoms with van der Waals surface area (Å²) >= 11 is 0. The topological polar surface area (TPSA) is 86.0 Å². The number of methoxy groups -OCH3 is 3. The lowest BCUT2D eigenvalue weighted by Gasteiger charge is -2.36. The van der Waals surface area contributed by atoms with Gasteiger partial charge in [0, 0.05) is 49.4 Å². The highest BCUT2D eigenvalue weighted by Crippen LogP contribution is 2.34. The predicted molar refractivity (Wildman–Crippen MR) is 122 cm³/mol. The van der Waals surface area contributed by atoms with E-state index in [4.69, 9.17) is 24.9 Å². The molecule has 0 bridgehead atoms. The predicted octanol–water partition coefficient (Wildman–Crippen LogP) is 2.99. The molecule has 30 heavy (non-hydrogen) atoms. The van der Waals surface area contributed by atoms with E-state index in [0.29, 0.717) is 23.3 Å². The lowest BCUT2D eigenvalue weighted by molar-refractivity contribution is 0.356. The summed E-state index contributed by atoms with van der Waals surface area (Å²) in [5, 5.41) is 0.751. The molecule has 1 aliphatic heterocycles. The Morgan fingerprint density at radius 3 is 2.17 bits per heavy atom. The third-order valence-corrected chi connectivity index (χ3v) is 5.20. The molecule has 0 saturated carbocycles. The molecule has 0 amide bonds. The summed E-state index contributed by atoms with van der Waals surface area (Å²) in [6.07, 6.45) is 0. The second-order valence-corrected chi connectivity index (χ2v) is 6.81. The summed E-state index contributed by atoms with van der Waals surface area (Å²) in [5.41, 5.74) is 8.12. The van der Waals surface area contributed by atoms with Gasteiger partial charge in [0.2, 0.25) is 5.95 Å². The van der Waals surface area contributed by atoms with Gasteiger partial charge in [-0.2, -0.15) is 4.98 Å². The van der Waals surface area contributed by atoms with Gasteiger partial charge in [-0.1, -0.05) is 6.07 Å². The van der Waals surface area contributed by atoms with Crippen molar-refractivity contribution >= 4 is 40.8 Å². The first-order chi connectivity index (χ1) is 14.1. The molecule has 1 aromatic heterocycles. The van der Waals surface area contributed by atoms with Gasteiger partial charge in [-0.3, -0.25) is 0 Å². The average Bonchev–Trinajstić information content (AvgIpc) is 2.78. The van der Waals surface area contributed by atoms with Crippen LogP contribution in [0.1, 0.15) is 0 Å². The van der Waals surface area contributed by atoms with Crippen LogP contribution in [0.3, 0.4) is 0 Å². The molecule has 1 saturated heterocycles. The van der Waals surface area contributed by atoms with Crippen molar-refractivity contribution in [3.8, 4) is 17.2 Å². The number of rotatable bonds is 5. The van der Waals surface area contributed by atoms with Crippen LogP contribution in [0.25, 0.3) is 10.9 Å². The Hall–Kier alpha value is -3.13. The van der Waals surface area contributed by atoms with Crippen LogP contribution in [0, 0.1) is 0 Å². The van der Waals surface area contributed by atoms with Gasteiger partial charge in [-0.15, -0.1) is 12.4 Å². The van der Waals surface area contributed by atoms with Gasteiger partial charge in [0.25, 0.3) is 0 Å². The fourth-order valence-corrected chi connectivity index (χ4v) is 3.58. The van der Waals surface area contributed by atoms with Crippen molar-refractivity contribution < 1.29 is 14.2 Å². The largest absolute Gasteiger partial charge is 0.497 e. The van der Waals surface area contributed by atoms with E-state index in [1.165, 1.54) is 0 Å². The molecular weight excluding hydrogens is 406 g/mol. The molecular formula is C21H26ClN5O3. The molecule has 2 heterocycles. The smallest absolute Gasteiger partial charge is 0.228 e. The summed E-state index contributed by atoms with van der Waals surface area (Å²) < 4.78 is 16.1. The maximum absolute atomic E-state index is 6.23. The maximum Gasteiger partial charge on any atom is 0.228 e. The summed E-state index contributed by atoms with van der Waals surface area (Å²) in [6, 6.07) is 11.8. The first kappa shape index (κ1) is 21.6. The number of piperazine rings is 1. The van der Waals surface area contributed by atoms with E-state index >= 15 is 0 Å². The van der Waals surface area contributed by atoms with Crippen LogP contribution in [-0.4, -0.2) is 57.5 Å². The van der Waals surface area contributed by atoms with Crippen LogP contribution in [0.5, 0.6) is 17.2 Å². The lowest BCUT2D eigenvalue weighted by Crippen LogP contribution is -2.47. The van der Waals surface area contributed by atoms with Gasteiger partial charge < -0.3 is 29.7 Å². The first-order valence-corrected chi connectivity index (χ1v) is 9.46. The summed E-state index contributed by atoms with van der Waals surface area (Å²) in [7, 11) is 4.88. The first-order valence-electron chi connectivity index (χ1n) is 9.46. The number of fused-ring (bicyclic) bond motifs is 1. The van der Waals surface area contributed by atoms with E-state index in [2.05, 4.69) is 26.9 Å². The Balaban J connectivity index is 0.00000256. The SMILES string of the molecule is COc1cccc(N2CCN(c3nc(N)c4cc(OC)c(OC)cc4n3)CC2)c1.Cl. The molecule has 0 aliphatic carbocycles. The van der Waals surface area contributed by atoms with Crippen molar-refractivity contribution in [3.63, 3.8) is 0 Å². The summed E-state index contributed by atoms with van der Waals surface area (Å²) in [5.74, 6) is 3.15. The number of anilines is 3. The van der Waals surface area contributed by atoms with Crippen molar-refractivity contribution in [1.29, 1.82) is 0 Å². The van der Waals surface area contributed by atoms with E-state index in [1.807, 2.05) is 24.3 Å². The molecule has 0 radical (unpaired) electrons. The third kappa shape index (κ3) is 4.09. The highest BCUT2D eigenvalue weighted by Gasteiger charge is 2.21. The Morgan fingerprint density at radius 1 is 0.833 bits per heavy atom. The van der Waals surface area contributed by atoms with Gasteiger partial charge in [0.05, 0.1) is 26.8 Å². The van der Waals surface area contributed by atoms with Crippen molar-refractivity contribution in [3.05, 3.63) is 36.4 Å². The zero-order valence-corrected chi connectivity index (χ0v) is 18.1. The second-order valence-electron chi connectivity index (χ2n) is 6.81. The highest BCUT2D eigenvalue weighted by molar-refractivity contribution is 5.91. The zero-order chi connectivity index (χ0) is 20.4. The van der Waals surface area contributed by atoms with E-state index in [0.717, 1.165) is 48.5 Å². The fraction of sp³-hybridized carbons (Fsp3) is 0.333. The minimum atomic E-state index is 0. The van der Waals surface area contributed by atoms with Gasteiger partial charge in [-0.25, -0.2) is 4.98 Å². The molecule has 4 rings (SSSR count). The van der Waals surface area contributed by atoms with Crippen molar-refractivity contribution in [2.24, 2.45) is 0 Å². The molecule has 1 aliphatic rings. The number of halogens is 1. The normalized spacial score (nSPS) is 13.7. The number of ether oxygens (including phenoxy) is 3. The van der Waals surface area contributed by atoms with Crippen LogP contribution < -0.4 is 29.7 Å². The van der Waals surface area contributed by atoms with Gasteiger partial charge in [-0.05, 0) is 18.2 Å². The van der Waals surface area contributed by atoms with E-state index < -0.39 is 0 Å². The zero-order valence-electron chi connectivity index (χ0n) is 17.3. The van der Waals surface area contributed by atoms with E-state index in [1.54, 1.807) is 21.3 Å². The Bertz CT molecular complexity index is 1020. The van der Waals surface area contributed by atoms with Crippen molar-refractivity contribution in [1.82, 2.24) is 9.97 Å². The van der Waals surface area contributed by atoms with E-state index in [9.17, 15) is 0 Å². The van der Waals surface area contributed by atoms with Gasteiger partial charge in [0.1, 0.15) is 11.6 Å². The van der Waals surface area contributed by atoms with Gasteiger partial charge in [0.15, 0.2) is 11.5 Å². The number of aromatic nitrogens is 2. The molecule has 1 fully saturated rings. The van der Waals surface area contributed by atoms with Crippen LogP contribution in [0.2, 0.25) is 0 Å². The fourth-order valence-electron chi connectivity index (χ4n) is 3.58. The molecule has 8 nitrogen and oxygen atoms in total. The molecule has 0 spiro atoms. The molecule has 0 unspecified atom stereocenters. The average molecular weight is 432 g/mol. The molecule has 9 heteroatoms. The molecule has 3 aromatic rings. The minimum Gasteiger partial charge on any atom is -0.497 e. The van der Waals surface area contributed by atoms with Crippen LogP contribution in [0.4, 0.5) is 17.5 Å². The van der Waals surface area contributed by atoms with Crippen molar-refractivity contribution in [2.45, 2.75) is 0 Å². The monoisotopic (exact) mass is 431 g/mol. The lowest BCUT2D eigenvalue weighted by atomic mass is 10.2. The minimum absolute atomic E-state index is 0. The maximum atomic E-state index is 6.23. The Morgan fingerprint density at radius 2 is 1.50 bits per heavy atom. The van der Waals surface area contributed by atoms with Crippen LogP contribution in [-0.2, 0) is 0 Å². The molecule has 2 N–H and O–H groups in total. The Kier molecular flexibility index (Phi) is 6.56. The number of nitrogens with two attached hydrogens (primary N) is 1. The van der Waals surface area contributed by atoms with E-state index in [-0.39, 0.29) is 12.4 Å². The number of nitrogens with zero attached hydrogens (tertiary/aromatic N) is 4. The number of nitrogen functional groups attached to an aromatic ring is 1. The van der Waals surface area contributed by atoms with Crippen molar-refractivity contribution in [2.75, 3.05) is 63.0 Å². The highest BCUT2D eigenvalue weighted by atomic mass is 35.5. The van der Waals surface area contributed by atoms with Crippen LogP contribution in [0.15, 0.2) is 36.4 Å². The number of hydrogen-bond acceptors (Lipinski definition) is 8. The summed E-state index contributed by atoms with van der Waals surface area (Å²) in [4.78, 5) is 13.8. The number of benzene rings is 2. The van der Waals surface area contributed by atoms with Crippen LogP contribution >= 0.6 is 12.4 Å². The quantitative estimate of drug-likeness (QED) is 0.659. The third-order valence-electron chi connectivity index (χ3n) is 5.20. The molecule has 0 atom stereocenters. The van der Waals surface area contributed by atoms with Gasteiger partial charge >= 0.3 is 0 Å². The molecule has 2 aromatic carbocycles. The summed E-state index contributed by atoms with van der Waals surface area (Å²) in [6.45, 7) is 3.33. The Labute approximate surface area is 182 Å². The molecule has 160 valence electrons.